The highest BCUT2D eigenvalue weighted by molar-refractivity contribution is 7.91. The van der Waals surface area contributed by atoms with Crippen LogP contribution in [0, 0.1) is 6.92 Å². The van der Waals surface area contributed by atoms with Crippen LogP contribution in [-0.4, -0.2) is 70.4 Å². The molecule has 2 atom stereocenters. The second kappa shape index (κ2) is 9.15. The summed E-state index contributed by atoms with van der Waals surface area (Å²) in [5.41, 5.74) is 6.30. The number of aliphatic hydroxyl groups is 1. The fraction of sp³-hybridized carbons (Fsp3) is 0.480. The highest BCUT2D eigenvalue weighted by atomic mass is 32.2. The van der Waals surface area contributed by atoms with E-state index in [2.05, 4.69) is 22.8 Å². The van der Waals surface area contributed by atoms with E-state index in [-0.39, 0.29) is 5.97 Å². The standard InChI is InChI=1S/C25H30N2O4S/c1-17-18(2-4-21-22(17)16-31-25(21)29)6-8-26-9-11-27(12-10-26)15-23(28)19-3-5-24-20(14-19)7-13-32(24)30/h2-5,14,23,28H,6-13,15-16H2,1H3. The Morgan fingerprint density at radius 2 is 1.94 bits per heavy atom. The number of hydrogen-bond acceptors (Lipinski definition) is 6. The van der Waals surface area contributed by atoms with Gasteiger partial charge in [-0.2, -0.15) is 0 Å². The number of carbonyl (C=O) groups is 1. The van der Waals surface area contributed by atoms with Gasteiger partial charge >= 0.3 is 5.97 Å². The summed E-state index contributed by atoms with van der Waals surface area (Å²) in [6.45, 7) is 7.97. The molecule has 1 saturated heterocycles. The second-order valence-corrected chi connectivity index (χ2v) is 10.6. The molecule has 0 amide bonds. The molecule has 0 radical (unpaired) electrons. The van der Waals surface area contributed by atoms with Crippen molar-refractivity contribution < 1.29 is 19.2 Å². The van der Waals surface area contributed by atoms with Gasteiger partial charge in [-0.3, -0.25) is 4.90 Å². The molecule has 3 aliphatic rings. The molecule has 5 rings (SSSR count). The first-order valence-electron chi connectivity index (χ1n) is 11.4. The van der Waals surface area contributed by atoms with Crippen LogP contribution in [0.5, 0.6) is 0 Å². The monoisotopic (exact) mass is 454 g/mol. The minimum absolute atomic E-state index is 0.206. The first-order valence-corrected chi connectivity index (χ1v) is 12.7. The number of aliphatic hydroxyl groups excluding tert-OH is 1. The molecular weight excluding hydrogens is 424 g/mol. The third-order valence-corrected chi connectivity index (χ3v) is 8.61. The molecule has 0 aliphatic carbocycles. The van der Waals surface area contributed by atoms with Gasteiger partial charge in [0.25, 0.3) is 0 Å². The average Bonchev–Trinajstić information content (AvgIpc) is 3.37. The van der Waals surface area contributed by atoms with Crippen molar-refractivity contribution in [3.8, 4) is 0 Å². The zero-order valence-electron chi connectivity index (χ0n) is 18.5. The van der Waals surface area contributed by atoms with Crippen molar-refractivity contribution in [1.29, 1.82) is 0 Å². The highest BCUT2D eigenvalue weighted by Gasteiger charge is 2.27. The van der Waals surface area contributed by atoms with Crippen LogP contribution in [0.4, 0.5) is 0 Å². The molecule has 3 aliphatic heterocycles. The third-order valence-electron chi connectivity index (χ3n) is 7.14. The van der Waals surface area contributed by atoms with Crippen molar-refractivity contribution in [2.45, 2.75) is 37.4 Å². The lowest BCUT2D eigenvalue weighted by Crippen LogP contribution is -2.48. The Bertz CT molecular complexity index is 1020. The summed E-state index contributed by atoms with van der Waals surface area (Å²) in [5.74, 6) is 0.496. The number of esters is 1. The normalized spacial score (nSPS) is 22.0. The van der Waals surface area contributed by atoms with Crippen LogP contribution in [-0.2, 0) is 35.4 Å². The Balaban J connectivity index is 1.11. The molecule has 170 valence electrons. The fourth-order valence-electron chi connectivity index (χ4n) is 5.03. The summed E-state index contributed by atoms with van der Waals surface area (Å²) in [5, 5.41) is 10.7. The molecule has 0 bridgehead atoms. The summed E-state index contributed by atoms with van der Waals surface area (Å²) in [4.78, 5) is 17.5. The topological polar surface area (TPSA) is 76.1 Å². The second-order valence-electron chi connectivity index (χ2n) is 9.03. The first kappa shape index (κ1) is 21.9. The molecule has 0 saturated carbocycles. The van der Waals surface area contributed by atoms with Gasteiger partial charge in [0.2, 0.25) is 0 Å². The van der Waals surface area contributed by atoms with Gasteiger partial charge in [-0.25, -0.2) is 4.79 Å². The molecular formula is C25H30N2O4S. The average molecular weight is 455 g/mol. The molecule has 2 aromatic rings. The predicted molar refractivity (Wildman–Crippen MR) is 123 cm³/mol. The number of aryl methyl sites for hydroxylation is 1. The van der Waals surface area contributed by atoms with Crippen LogP contribution < -0.4 is 0 Å². The Morgan fingerprint density at radius 1 is 1.16 bits per heavy atom. The van der Waals surface area contributed by atoms with Crippen molar-refractivity contribution in [2.75, 3.05) is 45.0 Å². The summed E-state index contributed by atoms with van der Waals surface area (Å²) in [6, 6.07) is 9.87. The van der Waals surface area contributed by atoms with E-state index in [1.165, 1.54) is 11.1 Å². The van der Waals surface area contributed by atoms with Gasteiger partial charge in [-0.05, 0) is 59.4 Å². The molecule has 1 N–H and O–H groups in total. The summed E-state index contributed by atoms with van der Waals surface area (Å²) in [7, 11) is 0. The van der Waals surface area contributed by atoms with Gasteiger partial charge in [0.05, 0.1) is 11.7 Å². The smallest absolute Gasteiger partial charge is 0.338 e. The number of carbonyl (C=O) groups excluding carboxylic acids is 1. The number of rotatable bonds is 6. The van der Waals surface area contributed by atoms with Crippen LogP contribution in [0.25, 0.3) is 0 Å². The van der Waals surface area contributed by atoms with E-state index < -0.39 is 17.3 Å². The zero-order chi connectivity index (χ0) is 22.2. The highest BCUT2D eigenvalue weighted by Crippen LogP contribution is 2.29. The number of ether oxygens (including phenoxy) is 1. The quantitative estimate of drug-likeness (QED) is 0.533. The number of benzene rings is 2. The van der Waals surface area contributed by atoms with Crippen molar-refractivity contribution >= 4 is 17.1 Å². The van der Waals surface area contributed by atoms with Crippen LogP contribution in [0.3, 0.4) is 0 Å². The molecule has 0 aromatic heterocycles. The Morgan fingerprint density at radius 3 is 2.75 bits per heavy atom. The van der Waals surface area contributed by atoms with E-state index in [1.54, 1.807) is 0 Å². The molecule has 7 heteroatoms. The number of fused-ring (bicyclic) bond motifs is 2. The van der Waals surface area contributed by atoms with Gasteiger partial charge in [0, 0.05) is 56.8 Å². The summed E-state index contributed by atoms with van der Waals surface area (Å²) in [6.07, 6.45) is 1.29. The van der Waals surface area contributed by atoms with E-state index in [0.29, 0.717) is 18.9 Å². The lowest BCUT2D eigenvalue weighted by molar-refractivity contribution is 0.0534. The van der Waals surface area contributed by atoms with Gasteiger partial charge in [0.15, 0.2) is 4.90 Å². The Hall–Kier alpha value is -1.90. The molecule has 2 unspecified atom stereocenters. The largest absolute Gasteiger partial charge is 0.611 e. The van der Waals surface area contributed by atoms with E-state index in [4.69, 9.17) is 4.74 Å². The van der Waals surface area contributed by atoms with Crippen molar-refractivity contribution in [3.63, 3.8) is 0 Å². The number of β-amino-alcohol motifs (C(OH)–C–C–N with tert-alkyl or cyclic N) is 1. The SMILES string of the molecule is Cc1c(CCN2CCN(CC(O)c3ccc4c(c3)CC[S+]4[O-])CC2)ccc2c1COC2=O. The van der Waals surface area contributed by atoms with E-state index in [1.807, 2.05) is 24.3 Å². The van der Waals surface area contributed by atoms with Crippen LogP contribution >= 0.6 is 0 Å². The molecule has 0 spiro atoms. The van der Waals surface area contributed by atoms with Gasteiger partial charge in [-0.1, -0.05) is 12.1 Å². The first-order chi connectivity index (χ1) is 15.5. The number of nitrogens with zero attached hydrogens (tertiary/aromatic N) is 2. The third kappa shape index (κ3) is 4.32. The number of piperazine rings is 1. The van der Waals surface area contributed by atoms with Crippen LogP contribution in [0.15, 0.2) is 35.2 Å². The number of cyclic esters (lactones) is 1. The summed E-state index contributed by atoms with van der Waals surface area (Å²) < 4.78 is 17.1. The van der Waals surface area contributed by atoms with Crippen molar-refractivity contribution in [3.05, 3.63) is 63.7 Å². The predicted octanol–water partition coefficient (Wildman–Crippen LogP) is 2.22. The van der Waals surface area contributed by atoms with E-state index >= 15 is 0 Å². The van der Waals surface area contributed by atoms with Gasteiger partial charge in [-0.15, -0.1) is 0 Å². The molecule has 3 heterocycles. The minimum Gasteiger partial charge on any atom is -0.611 e. The molecule has 6 nitrogen and oxygen atoms in total. The lowest BCUT2D eigenvalue weighted by atomic mass is 9.96. The maximum Gasteiger partial charge on any atom is 0.338 e. The molecule has 1 fully saturated rings. The van der Waals surface area contributed by atoms with Crippen molar-refractivity contribution in [2.24, 2.45) is 0 Å². The van der Waals surface area contributed by atoms with Crippen molar-refractivity contribution in [1.82, 2.24) is 9.80 Å². The maximum atomic E-state index is 11.9. The lowest BCUT2D eigenvalue weighted by Gasteiger charge is -2.35. The molecule has 32 heavy (non-hydrogen) atoms. The van der Waals surface area contributed by atoms with Crippen LogP contribution in [0.2, 0.25) is 0 Å². The minimum atomic E-state index is -0.868. The maximum absolute atomic E-state index is 11.9. The van der Waals surface area contributed by atoms with Crippen LogP contribution in [0.1, 0.15) is 44.3 Å². The fourth-order valence-corrected chi connectivity index (χ4v) is 6.33. The Labute approximate surface area is 192 Å². The molecule has 2 aromatic carbocycles. The van der Waals surface area contributed by atoms with Gasteiger partial charge < -0.3 is 19.3 Å². The summed E-state index contributed by atoms with van der Waals surface area (Å²) >= 11 is -0.868. The van der Waals surface area contributed by atoms with E-state index in [9.17, 15) is 14.5 Å². The Kier molecular flexibility index (Phi) is 6.27. The van der Waals surface area contributed by atoms with Gasteiger partial charge in [0.1, 0.15) is 12.4 Å². The zero-order valence-corrected chi connectivity index (χ0v) is 19.3. The van der Waals surface area contributed by atoms with E-state index in [0.717, 1.165) is 72.7 Å². The number of hydrogen-bond donors (Lipinski definition) is 1.